The molecule has 5 heteroatoms. The number of carbonyl (C=O) groups excluding carboxylic acids is 1. The first-order valence-electron chi connectivity index (χ1n) is 11.9. The van der Waals surface area contributed by atoms with Gasteiger partial charge in [-0.3, -0.25) is 4.79 Å². The van der Waals surface area contributed by atoms with E-state index in [-0.39, 0.29) is 11.9 Å². The van der Waals surface area contributed by atoms with Gasteiger partial charge in [-0.15, -0.1) is 0 Å². The van der Waals surface area contributed by atoms with Crippen molar-refractivity contribution < 1.29 is 13.9 Å². The highest BCUT2D eigenvalue weighted by molar-refractivity contribution is 6.30. The van der Waals surface area contributed by atoms with Crippen LogP contribution in [-0.4, -0.2) is 18.6 Å². The summed E-state index contributed by atoms with van der Waals surface area (Å²) in [7, 11) is 0. The largest absolute Gasteiger partial charge is 0.493 e. The van der Waals surface area contributed by atoms with Crippen LogP contribution in [0.5, 0.6) is 5.75 Å². The third kappa shape index (κ3) is 5.27. The predicted octanol–water partition coefficient (Wildman–Crippen LogP) is 7.70. The van der Waals surface area contributed by atoms with Gasteiger partial charge < -0.3 is 14.5 Å². The Hall–Kier alpha value is -2.72. The van der Waals surface area contributed by atoms with Crippen LogP contribution >= 0.6 is 11.6 Å². The summed E-state index contributed by atoms with van der Waals surface area (Å²) >= 11 is 6.08. The first-order chi connectivity index (χ1) is 16.0. The average molecular weight is 466 g/mol. The molecule has 1 N–H and O–H groups in total. The van der Waals surface area contributed by atoms with Gasteiger partial charge in [0.15, 0.2) is 0 Å². The maximum absolute atomic E-state index is 12.8. The third-order valence-electron chi connectivity index (χ3n) is 6.46. The van der Waals surface area contributed by atoms with Gasteiger partial charge in [-0.2, -0.15) is 0 Å². The summed E-state index contributed by atoms with van der Waals surface area (Å²) in [4.78, 5) is 12.8. The number of hydrogen-bond donors (Lipinski definition) is 1. The molecule has 2 aromatic carbocycles. The lowest BCUT2D eigenvalue weighted by atomic mass is 9.96. The molecule has 1 fully saturated rings. The van der Waals surface area contributed by atoms with E-state index in [2.05, 4.69) is 11.4 Å². The predicted molar refractivity (Wildman–Crippen MR) is 136 cm³/mol. The van der Waals surface area contributed by atoms with Crippen LogP contribution in [0.2, 0.25) is 5.02 Å². The molecule has 4 rings (SSSR count). The van der Waals surface area contributed by atoms with Crippen LogP contribution in [0.25, 0.3) is 27.7 Å². The highest BCUT2D eigenvalue weighted by Gasteiger charge is 2.20. The fraction of sp³-hybridized carbons (Fsp3) is 0.393. The summed E-state index contributed by atoms with van der Waals surface area (Å²) in [6, 6.07) is 10.1. The fourth-order valence-electron chi connectivity index (χ4n) is 4.73. The number of allylic oxidation sites excluding steroid dienone is 1. The number of furan rings is 1. The third-order valence-corrected chi connectivity index (χ3v) is 6.71. The molecule has 1 aliphatic rings. The van der Waals surface area contributed by atoms with E-state index in [0.29, 0.717) is 11.6 Å². The van der Waals surface area contributed by atoms with Gasteiger partial charge in [0, 0.05) is 39.2 Å². The summed E-state index contributed by atoms with van der Waals surface area (Å²) in [6.07, 6.45) is 10.5. The number of amides is 1. The molecule has 174 valence electrons. The van der Waals surface area contributed by atoms with Crippen molar-refractivity contribution in [3.63, 3.8) is 0 Å². The van der Waals surface area contributed by atoms with Gasteiger partial charge in [0.25, 0.3) is 0 Å². The second kappa shape index (κ2) is 10.5. The van der Waals surface area contributed by atoms with E-state index < -0.39 is 0 Å². The molecule has 0 radical (unpaired) electrons. The molecule has 0 aliphatic heterocycles. The zero-order valence-corrected chi connectivity index (χ0v) is 20.4. The number of halogens is 1. The second-order valence-corrected chi connectivity index (χ2v) is 9.31. The van der Waals surface area contributed by atoms with Gasteiger partial charge >= 0.3 is 0 Å². The topological polar surface area (TPSA) is 51.5 Å². The van der Waals surface area contributed by atoms with Crippen LogP contribution in [0.4, 0.5) is 0 Å². The number of hydrogen-bond acceptors (Lipinski definition) is 3. The molecule has 3 aromatic rings. The Morgan fingerprint density at radius 1 is 1.18 bits per heavy atom. The standard InChI is InChI=1S/C28H32ClNO3/c1-4-32-27-19(3)28-24(25(17-33-28)20-11-13-21(29)14-12-20)16-23(27)18(2)15-26(31)30-22-9-7-5-6-8-10-22/h11-17,22H,4-10H2,1-3H3,(H,30,31)/b18-15+. The first kappa shape index (κ1) is 23.4. The first-order valence-corrected chi connectivity index (χ1v) is 12.3. The molecule has 0 saturated heterocycles. The molecule has 1 amide bonds. The van der Waals surface area contributed by atoms with Gasteiger partial charge in [0.1, 0.15) is 11.3 Å². The van der Waals surface area contributed by atoms with Crippen LogP contribution < -0.4 is 10.1 Å². The number of nitrogens with one attached hydrogen (secondary N) is 1. The van der Waals surface area contributed by atoms with Crippen molar-refractivity contribution in [3.05, 3.63) is 58.8 Å². The average Bonchev–Trinajstić information content (AvgIpc) is 3.05. The number of carbonyl (C=O) groups is 1. The maximum atomic E-state index is 12.8. The number of rotatable bonds is 6. The Morgan fingerprint density at radius 3 is 2.55 bits per heavy atom. The molecule has 1 heterocycles. The van der Waals surface area contributed by atoms with Crippen molar-refractivity contribution in [2.45, 2.75) is 65.3 Å². The lowest BCUT2D eigenvalue weighted by Gasteiger charge is -2.17. The molecule has 1 aliphatic carbocycles. The Kier molecular flexibility index (Phi) is 7.44. The van der Waals surface area contributed by atoms with Crippen LogP contribution in [0.3, 0.4) is 0 Å². The Morgan fingerprint density at radius 2 is 1.88 bits per heavy atom. The second-order valence-electron chi connectivity index (χ2n) is 8.87. The van der Waals surface area contributed by atoms with Crippen molar-refractivity contribution >= 4 is 34.1 Å². The van der Waals surface area contributed by atoms with Crippen LogP contribution in [0, 0.1) is 6.92 Å². The summed E-state index contributed by atoms with van der Waals surface area (Å²) in [5.41, 5.74) is 5.53. The Labute approximate surface area is 201 Å². The van der Waals surface area contributed by atoms with Crippen LogP contribution in [-0.2, 0) is 4.79 Å². The number of benzene rings is 2. The Bertz CT molecular complexity index is 1150. The van der Waals surface area contributed by atoms with E-state index in [1.54, 1.807) is 12.3 Å². The zero-order chi connectivity index (χ0) is 23.4. The van der Waals surface area contributed by atoms with E-state index in [9.17, 15) is 4.79 Å². The zero-order valence-electron chi connectivity index (χ0n) is 19.7. The minimum absolute atomic E-state index is 0.0373. The van der Waals surface area contributed by atoms with Crippen molar-refractivity contribution in [1.29, 1.82) is 0 Å². The molecule has 0 atom stereocenters. The molecule has 0 unspecified atom stereocenters. The normalized spacial score (nSPS) is 15.5. The molecular formula is C28H32ClNO3. The van der Waals surface area contributed by atoms with Crippen LogP contribution in [0.1, 0.15) is 63.5 Å². The molecule has 4 nitrogen and oxygen atoms in total. The molecule has 33 heavy (non-hydrogen) atoms. The minimum Gasteiger partial charge on any atom is -0.493 e. The highest BCUT2D eigenvalue weighted by Crippen LogP contribution is 2.41. The number of fused-ring (bicyclic) bond motifs is 1. The summed E-state index contributed by atoms with van der Waals surface area (Å²) in [5, 5.41) is 4.90. The summed E-state index contributed by atoms with van der Waals surface area (Å²) < 4.78 is 12.0. The summed E-state index contributed by atoms with van der Waals surface area (Å²) in [6.45, 7) is 6.47. The molecular weight excluding hydrogens is 434 g/mol. The van der Waals surface area contributed by atoms with Gasteiger partial charge in [-0.05, 0) is 62.9 Å². The quantitative estimate of drug-likeness (QED) is 0.299. The van der Waals surface area contributed by atoms with E-state index in [0.717, 1.165) is 57.4 Å². The SMILES string of the molecule is CCOc1c(/C(C)=C/C(=O)NC2CCCCCC2)cc2c(-c3ccc(Cl)cc3)coc2c1C. The monoisotopic (exact) mass is 465 g/mol. The number of ether oxygens (including phenoxy) is 1. The number of aryl methyl sites for hydroxylation is 1. The van der Waals surface area contributed by atoms with Crippen molar-refractivity contribution in [2.24, 2.45) is 0 Å². The van der Waals surface area contributed by atoms with Crippen LogP contribution in [0.15, 0.2) is 47.1 Å². The lowest BCUT2D eigenvalue weighted by Crippen LogP contribution is -2.33. The summed E-state index contributed by atoms with van der Waals surface area (Å²) in [5.74, 6) is 0.725. The maximum Gasteiger partial charge on any atom is 0.244 e. The smallest absolute Gasteiger partial charge is 0.244 e. The van der Waals surface area contributed by atoms with Gasteiger partial charge in [0.2, 0.25) is 5.91 Å². The van der Waals surface area contributed by atoms with Crippen molar-refractivity contribution in [3.8, 4) is 16.9 Å². The van der Waals surface area contributed by atoms with Gasteiger partial charge in [0.05, 0.1) is 12.9 Å². The van der Waals surface area contributed by atoms with E-state index in [1.165, 1.54) is 25.7 Å². The Balaban J connectivity index is 1.72. The molecule has 0 spiro atoms. The van der Waals surface area contributed by atoms with Crippen molar-refractivity contribution in [1.82, 2.24) is 5.32 Å². The van der Waals surface area contributed by atoms with E-state index in [1.807, 2.05) is 45.0 Å². The minimum atomic E-state index is -0.0373. The van der Waals surface area contributed by atoms with E-state index in [4.69, 9.17) is 20.8 Å². The lowest BCUT2D eigenvalue weighted by molar-refractivity contribution is -0.117. The fourth-order valence-corrected chi connectivity index (χ4v) is 4.86. The molecule has 1 saturated carbocycles. The van der Waals surface area contributed by atoms with Gasteiger partial charge in [-0.1, -0.05) is 49.4 Å². The van der Waals surface area contributed by atoms with Gasteiger partial charge in [-0.25, -0.2) is 0 Å². The van der Waals surface area contributed by atoms with E-state index >= 15 is 0 Å². The highest BCUT2D eigenvalue weighted by atomic mass is 35.5. The van der Waals surface area contributed by atoms with Crippen molar-refractivity contribution in [2.75, 3.05) is 6.61 Å². The molecule has 0 bridgehead atoms. The molecule has 1 aromatic heterocycles.